The smallest absolute Gasteiger partial charge is 0.135 e. The van der Waals surface area contributed by atoms with Crippen LogP contribution in [0.15, 0.2) is 28.9 Å². The zero-order valence-corrected chi connectivity index (χ0v) is 13.1. The lowest BCUT2D eigenvalue weighted by atomic mass is 10.1. The lowest BCUT2D eigenvalue weighted by Gasteiger charge is -2.11. The molecule has 0 fully saturated rings. The molecule has 1 N–H and O–H groups in total. The average Bonchev–Trinajstić information content (AvgIpc) is 2.35. The van der Waals surface area contributed by atoms with Crippen LogP contribution < -0.4 is 5.32 Å². The summed E-state index contributed by atoms with van der Waals surface area (Å²) in [6.07, 6.45) is 1.93. The standard InChI is InChI=1S/C15H18BrN3/c1-4-6-14-18-13(16)9-15(19-14)17-12-8-5-7-10(2)11(12)3/h5,7-9H,4,6H2,1-3H3,(H,17,18,19). The van der Waals surface area contributed by atoms with Gasteiger partial charge in [0.25, 0.3) is 0 Å². The van der Waals surface area contributed by atoms with Crippen LogP contribution in [-0.4, -0.2) is 9.97 Å². The normalized spacial score (nSPS) is 10.5. The predicted molar refractivity (Wildman–Crippen MR) is 82.9 cm³/mol. The molecule has 4 heteroatoms. The van der Waals surface area contributed by atoms with Gasteiger partial charge in [0.05, 0.1) is 0 Å². The molecule has 3 nitrogen and oxygen atoms in total. The molecule has 2 rings (SSSR count). The predicted octanol–water partition coefficient (Wildman–Crippen LogP) is 4.55. The minimum Gasteiger partial charge on any atom is -0.340 e. The van der Waals surface area contributed by atoms with Gasteiger partial charge in [-0.15, -0.1) is 0 Å². The van der Waals surface area contributed by atoms with Gasteiger partial charge in [0.1, 0.15) is 16.2 Å². The number of aryl methyl sites for hydroxylation is 2. The van der Waals surface area contributed by atoms with Crippen LogP contribution in [0.5, 0.6) is 0 Å². The van der Waals surface area contributed by atoms with Crippen molar-refractivity contribution in [1.29, 1.82) is 0 Å². The third kappa shape index (κ3) is 3.53. The molecule has 0 unspecified atom stereocenters. The molecule has 2 aromatic rings. The minimum atomic E-state index is 0.818. The van der Waals surface area contributed by atoms with Gasteiger partial charge < -0.3 is 5.32 Å². The molecule has 0 saturated heterocycles. The summed E-state index contributed by atoms with van der Waals surface area (Å²) in [5, 5.41) is 3.37. The lowest BCUT2D eigenvalue weighted by molar-refractivity contribution is 0.831. The van der Waals surface area contributed by atoms with Crippen molar-refractivity contribution in [2.24, 2.45) is 0 Å². The minimum absolute atomic E-state index is 0.818. The Morgan fingerprint density at radius 1 is 1.21 bits per heavy atom. The van der Waals surface area contributed by atoms with Crippen LogP contribution in [0.4, 0.5) is 11.5 Å². The van der Waals surface area contributed by atoms with E-state index in [1.165, 1.54) is 11.1 Å². The van der Waals surface area contributed by atoms with E-state index in [4.69, 9.17) is 0 Å². The highest BCUT2D eigenvalue weighted by Crippen LogP contribution is 2.23. The Bertz CT molecular complexity index is 582. The number of anilines is 2. The second-order valence-electron chi connectivity index (χ2n) is 4.61. The molecule has 0 spiro atoms. The number of rotatable bonds is 4. The van der Waals surface area contributed by atoms with Gasteiger partial charge in [-0.25, -0.2) is 9.97 Å². The van der Waals surface area contributed by atoms with E-state index in [1.54, 1.807) is 0 Å². The fraction of sp³-hybridized carbons (Fsp3) is 0.333. The van der Waals surface area contributed by atoms with Crippen LogP contribution in [0.2, 0.25) is 0 Å². The number of hydrogen-bond donors (Lipinski definition) is 1. The molecule has 0 saturated carbocycles. The molecule has 0 atom stereocenters. The van der Waals surface area contributed by atoms with Gasteiger partial charge in [-0.05, 0) is 53.4 Å². The van der Waals surface area contributed by atoms with Gasteiger partial charge in [0, 0.05) is 18.2 Å². The van der Waals surface area contributed by atoms with Crippen LogP contribution in [-0.2, 0) is 6.42 Å². The van der Waals surface area contributed by atoms with E-state index in [2.05, 4.69) is 64.1 Å². The number of hydrogen-bond acceptors (Lipinski definition) is 3. The monoisotopic (exact) mass is 319 g/mol. The zero-order valence-electron chi connectivity index (χ0n) is 11.5. The first-order valence-corrected chi connectivity index (χ1v) is 7.26. The van der Waals surface area contributed by atoms with E-state index >= 15 is 0 Å². The number of nitrogens with zero attached hydrogens (tertiary/aromatic N) is 2. The number of benzene rings is 1. The first-order chi connectivity index (χ1) is 9.10. The van der Waals surface area contributed by atoms with Crippen LogP contribution in [0.1, 0.15) is 30.3 Å². The van der Waals surface area contributed by atoms with Crippen LogP contribution in [0.3, 0.4) is 0 Å². The Morgan fingerprint density at radius 3 is 2.74 bits per heavy atom. The van der Waals surface area contributed by atoms with E-state index in [1.807, 2.05) is 12.1 Å². The van der Waals surface area contributed by atoms with Gasteiger partial charge >= 0.3 is 0 Å². The summed E-state index contributed by atoms with van der Waals surface area (Å²) in [5.74, 6) is 1.70. The van der Waals surface area contributed by atoms with Gasteiger partial charge in [-0.1, -0.05) is 19.1 Å². The summed E-state index contributed by atoms with van der Waals surface area (Å²) in [4.78, 5) is 8.91. The highest BCUT2D eigenvalue weighted by atomic mass is 79.9. The first kappa shape index (κ1) is 14.0. The SMILES string of the molecule is CCCc1nc(Br)cc(Nc2cccc(C)c2C)n1. The maximum Gasteiger partial charge on any atom is 0.135 e. The van der Waals surface area contributed by atoms with Crippen molar-refractivity contribution in [3.05, 3.63) is 45.8 Å². The van der Waals surface area contributed by atoms with Crippen molar-refractivity contribution >= 4 is 27.4 Å². The Hall–Kier alpha value is -1.42. The van der Waals surface area contributed by atoms with Crippen molar-refractivity contribution in [3.8, 4) is 0 Å². The molecule has 1 heterocycles. The molecule has 19 heavy (non-hydrogen) atoms. The highest BCUT2D eigenvalue weighted by Gasteiger charge is 2.05. The zero-order chi connectivity index (χ0) is 13.8. The highest BCUT2D eigenvalue weighted by molar-refractivity contribution is 9.10. The maximum atomic E-state index is 4.54. The Morgan fingerprint density at radius 2 is 2.00 bits per heavy atom. The summed E-state index contributed by atoms with van der Waals surface area (Å²) in [7, 11) is 0. The van der Waals surface area contributed by atoms with Gasteiger partial charge in [0.2, 0.25) is 0 Å². The second-order valence-corrected chi connectivity index (χ2v) is 5.43. The van der Waals surface area contributed by atoms with Gasteiger partial charge in [-0.3, -0.25) is 0 Å². The summed E-state index contributed by atoms with van der Waals surface area (Å²) in [5.41, 5.74) is 3.61. The average molecular weight is 320 g/mol. The van der Waals surface area contributed by atoms with Crippen molar-refractivity contribution in [3.63, 3.8) is 0 Å². The van der Waals surface area contributed by atoms with Crippen molar-refractivity contribution < 1.29 is 0 Å². The molecule has 0 amide bonds. The fourth-order valence-electron chi connectivity index (χ4n) is 1.89. The van der Waals surface area contributed by atoms with E-state index < -0.39 is 0 Å². The number of nitrogens with one attached hydrogen (secondary N) is 1. The molecule has 0 aliphatic rings. The molecule has 0 bridgehead atoms. The fourth-order valence-corrected chi connectivity index (χ4v) is 2.31. The van der Waals surface area contributed by atoms with Gasteiger partial charge in [-0.2, -0.15) is 0 Å². The van der Waals surface area contributed by atoms with E-state index in [0.717, 1.165) is 34.8 Å². The molecule has 1 aromatic carbocycles. The molecule has 0 aliphatic carbocycles. The van der Waals surface area contributed by atoms with E-state index in [9.17, 15) is 0 Å². The topological polar surface area (TPSA) is 37.8 Å². The Balaban J connectivity index is 2.30. The van der Waals surface area contributed by atoms with E-state index in [0.29, 0.717) is 0 Å². The Labute approximate surface area is 122 Å². The summed E-state index contributed by atoms with van der Waals surface area (Å²) in [6, 6.07) is 8.13. The third-order valence-corrected chi connectivity index (χ3v) is 3.49. The van der Waals surface area contributed by atoms with Crippen LogP contribution in [0.25, 0.3) is 0 Å². The molecule has 1 aromatic heterocycles. The molecule has 0 radical (unpaired) electrons. The maximum absolute atomic E-state index is 4.54. The summed E-state index contributed by atoms with van der Waals surface area (Å²) in [6.45, 7) is 6.35. The van der Waals surface area contributed by atoms with Crippen molar-refractivity contribution in [1.82, 2.24) is 9.97 Å². The summed E-state index contributed by atoms with van der Waals surface area (Å²) < 4.78 is 0.818. The largest absolute Gasteiger partial charge is 0.340 e. The van der Waals surface area contributed by atoms with Crippen molar-refractivity contribution in [2.45, 2.75) is 33.6 Å². The molecular formula is C15H18BrN3. The Kier molecular flexibility index (Phi) is 4.53. The summed E-state index contributed by atoms with van der Waals surface area (Å²) >= 11 is 3.44. The third-order valence-electron chi connectivity index (χ3n) is 3.08. The first-order valence-electron chi connectivity index (χ1n) is 6.47. The van der Waals surface area contributed by atoms with Crippen LogP contribution in [0, 0.1) is 13.8 Å². The van der Waals surface area contributed by atoms with E-state index in [-0.39, 0.29) is 0 Å². The molecule has 0 aliphatic heterocycles. The molecule has 100 valence electrons. The number of halogens is 1. The van der Waals surface area contributed by atoms with Crippen LogP contribution >= 0.6 is 15.9 Å². The number of aromatic nitrogens is 2. The quantitative estimate of drug-likeness (QED) is 0.840. The second kappa shape index (κ2) is 6.15. The van der Waals surface area contributed by atoms with Crippen molar-refractivity contribution in [2.75, 3.05) is 5.32 Å². The lowest BCUT2D eigenvalue weighted by Crippen LogP contribution is -2.02. The van der Waals surface area contributed by atoms with Gasteiger partial charge in [0.15, 0.2) is 0 Å². The molecular weight excluding hydrogens is 302 g/mol.